The van der Waals surface area contributed by atoms with E-state index >= 15 is 4.39 Å². The first-order valence-corrected chi connectivity index (χ1v) is 10.6. The summed E-state index contributed by atoms with van der Waals surface area (Å²) in [4.78, 5) is 17.8. The van der Waals surface area contributed by atoms with Gasteiger partial charge < -0.3 is 9.67 Å². The van der Waals surface area contributed by atoms with E-state index in [0.717, 1.165) is 5.56 Å². The Morgan fingerprint density at radius 1 is 1.22 bits per heavy atom. The number of pyridine rings is 1. The number of benzene rings is 1. The number of aryl methyl sites for hydroxylation is 2. The molecule has 4 rings (SSSR count). The van der Waals surface area contributed by atoms with Crippen LogP contribution in [0, 0.1) is 12.7 Å². The van der Waals surface area contributed by atoms with Crippen molar-refractivity contribution in [3.05, 3.63) is 62.9 Å². The number of hydrogen-bond acceptors (Lipinski definition) is 4. The molecule has 0 bridgehead atoms. The lowest BCUT2D eigenvalue weighted by Gasteiger charge is -2.16. The highest BCUT2D eigenvalue weighted by atomic mass is 35.5. The van der Waals surface area contributed by atoms with Crippen molar-refractivity contribution in [2.24, 2.45) is 7.05 Å². The Bertz CT molecular complexity index is 1390. The molecule has 2 N–H and O–H groups in total. The van der Waals surface area contributed by atoms with Gasteiger partial charge in [0.05, 0.1) is 16.8 Å². The van der Waals surface area contributed by atoms with Gasteiger partial charge in [0.25, 0.3) is 5.56 Å². The summed E-state index contributed by atoms with van der Waals surface area (Å²) in [5.41, 5.74) is 1.02. The number of nitrogens with one attached hydrogen (secondary N) is 1. The van der Waals surface area contributed by atoms with E-state index in [1.807, 2.05) is 13.8 Å². The van der Waals surface area contributed by atoms with Crippen LogP contribution in [0.15, 0.2) is 29.3 Å². The second kappa shape index (κ2) is 7.56. The van der Waals surface area contributed by atoms with Gasteiger partial charge in [0.1, 0.15) is 22.9 Å². The SMILES string of the molecule is Cc1[nH]nc(Cl)c1-n1cc(C(C)C)c2cc(-c3cn(C)c(C(C)(C)O)n3)c(F)cc2c1=O. The molecule has 9 heteroatoms. The van der Waals surface area contributed by atoms with Crippen molar-refractivity contribution >= 4 is 22.4 Å². The first-order chi connectivity index (χ1) is 14.9. The second-order valence-corrected chi connectivity index (χ2v) is 9.26. The van der Waals surface area contributed by atoms with Crippen LogP contribution in [-0.4, -0.2) is 29.4 Å². The molecule has 0 amide bonds. The second-order valence-electron chi connectivity index (χ2n) is 8.90. The number of aromatic amines is 1. The summed E-state index contributed by atoms with van der Waals surface area (Å²) in [5, 5.41) is 18.1. The standard InChI is InChI=1S/C23H25ClFN5O2/c1-11(2)16-9-30(19-12(3)27-28-20(19)24)21(31)14-8-17(25)15(7-13(14)16)18-10-29(6)22(26-18)23(4,5)32/h7-11,32H,1-6H3,(H,27,28). The van der Waals surface area contributed by atoms with Gasteiger partial charge in [0, 0.05) is 25.0 Å². The van der Waals surface area contributed by atoms with Gasteiger partial charge in [-0.3, -0.25) is 14.5 Å². The summed E-state index contributed by atoms with van der Waals surface area (Å²) in [7, 11) is 1.75. The van der Waals surface area contributed by atoms with Crippen molar-refractivity contribution < 1.29 is 9.50 Å². The molecule has 168 valence electrons. The number of nitrogens with zero attached hydrogens (tertiary/aromatic N) is 4. The third-order valence-electron chi connectivity index (χ3n) is 5.57. The van der Waals surface area contributed by atoms with Crippen LogP contribution in [0.1, 0.15) is 50.7 Å². The fourth-order valence-electron chi connectivity index (χ4n) is 4.05. The quantitative estimate of drug-likeness (QED) is 0.470. The van der Waals surface area contributed by atoms with Crippen LogP contribution < -0.4 is 5.56 Å². The summed E-state index contributed by atoms with van der Waals surface area (Å²) in [6.45, 7) is 9.02. The van der Waals surface area contributed by atoms with Crippen molar-refractivity contribution in [1.29, 1.82) is 0 Å². The molecule has 3 aromatic heterocycles. The molecule has 0 saturated carbocycles. The first-order valence-electron chi connectivity index (χ1n) is 10.3. The van der Waals surface area contributed by atoms with E-state index < -0.39 is 11.4 Å². The Morgan fingerprint density at radius 2 is 1.91 bits per heavy atom. The predicted octanol–water partition coefficient (Wildman–Crippen LogP) is 4.57. The third-order valence-corrected chi connectivity index (χ3v) is 5.83. The average molecular weight is 458 g/mol. The molecule has 0 aliphatic heterocycles. The highest BCUT2D eigenvalue weighted by molar-refractivity contribution is 6.31. The maximum absolute atomic E-state index is 15.3. The minimum atomic E-state index is -1.18. The molecule has 0 spiro atoms. The molecule has 7 nitrogen and oxygen atoms in total. The van der Waals surface area contributed by atoms with E-state index in [2.05, 4.69) is 15.2 Å². The first kappa shape index (κ1) is 22.2. The van der Waals surface area contributed by atoms with E-state index in [0.29, 0.717) is 28.3 Å². The largest absolute Gasteiger partial charge is 0.383 e. The highest BCUT2D eigenvalue weighted by Gasteiger charge is 2.25. The number of H-pyrrole nitrogens is 1. The number of imidazole rings is 1. The predicted molar refractivity (Wildman–Crippen MR) is 123 cm³/mol. The molecule has 0 unspecified atom stereocenters. The van der Waals surface area contributed by atoms with Gasteiger partial charge in [0.2, 0.25) is 0 Å². The number of aromatic nitrogens is 5. The normalized spacial score (nSPS) is 12.3. The molecule has 0 radical (unpaired) electrons. The minimum absolute atomic E-state index is 0.0457. The van der Waals surface area contributed by atoms with E-state index in [1.54, 1.807) is 50.8 Å². The third kappa shape index (κ3) is 3.53. The summed E-state index contributed by atoms with van der Waals surface area (Å²) in [6, 6.07) is 2.91. The molecule has 3 heterocycles. The lowest BCUT2D eigenvalue weighted by molar-refractivity contribution is 0.0659. The van der Waals surface area contributed by atoms with Crippen molar-refractivity contribution in [2.45, 2.75) is 46.1 Å². The maximum Gasteiger partial charge on any atom is 0.263 e. The molecular weight excluding hydrogens is 433 g/mol. The maximum atomic E-state index is 15.3. The van der Waals surface area contributed by atoms with Crippen LogP contribution in [0.4, 0.5) is 4.39 Å². The molecule has 0 atom stereocenters. The number of halogens is 2. The minimum Gasteiger partial charge on any atom is -0.383 e. The monoisotopic (exact) mass is 457 g/mol. The lowest BCUT2D eigenvalue weighted by Crippen LogP contribution is -2.21. The summed E-state index contributed by atoms with van der Waals surface area (Å²) < 4.78 is 18.4. The van der Waals surface area contributed by atoms with Crippen LogP contribution in [0.3, 0.4) is 0 Å². The molecule has 4 aromatic rings. The highest BCUT2D eigenvalue weighted by Crippen LogP contribution is 2.33. The number of fused-ring (bicyclic) bond motifs is 1. The summed E-state index contributed by atoms with van der Waals surface area (Å²) >= 11 is 6.22. The Kier molecular flexibility index (Phi) is 5.26. The van der Waals surface area contributed by atoms with Crippen LogP contribution in [0.25, 0.3) is 27.7 Å². The molecule has 32 heavy (non-hydrogen) atoms. The lowest BCUT2D eigenvalue weighted by atomic mass is 9.96. The van der Waals surface area contributed by atoms with Crippen molar-refractivity contribution in [3.63, 3.8) is 0 Å². The fourth-order valence-corrected chi connectivity index (χ4v) is 4.32. The van der Waals surface area contributed by atoms with Gasteiger partial charge in [-0.2, -0.15) is 5.10 Å². The molecule has 1 aromatic carbocycles. The zero-order chi connectivity index (χ0) is 23.5. The Labute approximate surface area is 189 Å². The molecule has 0 fully saturated rings. The summed E-state index contributed by atoms with van der Waals surface area (Å²) in [5.74, 6) is -0.113. The number of aliphatic hydroxyl groups is 1. The van der Waals surface area contributed by atoms with E-state index in [4.69, 9.17) is 11.6 Å². The van der Waals surface area contributed by atoms with Crippen molar-refractivity contribution in [3.8, 4) is 16.9 Å². The van der Waals surface area contributed by atoms with Crippen molar-refractivity contribution in [1.82, 2.24) is 24.3 Å². The topological polar surface area (TPSA) is 88.7 Å². The molecule has 0 aliphatic rings. The van der Waals surface area contributed by atoms with Gasteiger partial charge >= 0.3 is 0 Å². The zero-order valence-electron chi connectivity index (χ0n) is 18.8. The van der Waals surface area contributed by atoms with E-state index in [1.165, 1.54) is 10.6 Å². The van der Waals surface area contributed by atoms with Gasteiger partial charge in [0.15, 0.2) is 5.15 Å². The van der Waals surface area contributed by atoms with Crippen molar-refractivity contribution in [2.75, 3.05) is 0 Å². The van der Waals surface area contributed by atoms with Gasteiger partial charge in [-0.1, -0.05) is 25.4 Å². The van der Waals surface area contributed by atoms with Gasteiger partial charge in [-0.25, -0.2) is 9.37 Å². The van der Waals surface area contributed by atoms with E-state index in [9.17, 15) is 9.90 Å². The number of hydrogen-bond donors (Lipinski definition) is 2. The average Bonchev–Trinajstić information content (AvgIpc) is 3.24. The fraction of sp³-hybridized carbons (Fsp3) is 0.348. The van der Waals surface area contributed by atoms with Gasteiger partial charge in [-0.05, 0) is 49.8 Å². The molecule has 0 aliphatic carbocycles. The van der Waals surface area contributed by atoms with Crippen LogP contribution >= 0.6 is 11.6 Å². The van der Waals surface area contributed by atoms with E-state index in [-0.39, 0.29) is 27.6 Å². The Hall–Kier alpha value is -2.97. The van der Waals surface area contributed by atoms with Crippen LogP contribution in [0.5, 0.6) is 0 Å². The smallest absolute Gasteiger partial charge is 0.263 e. The number of rotatable bonds is 4. The Morgan fingerprint density at radius 3 is 2.44 bits per heavy atom. The van der Waals surface area contributed by atoms with Crippen LogP contribution in [0.2, 0.25) is 5.15 Å². The van der Waals surface area contributed by atoms with Gasteiger partial charge in [-0.15, -0.1) is 0 Å². The van der Waals surface area contributed by atoms with Crippen LogP contribution in [-0.2, 0) is 12.6 Å². The molecule has 0 saturated heterocycles. The zero-order valence-corrected chi connectivity index (χ0v) is 19.5. The Balaban J connectivity index is 2.02. The summed E-state index contributed by atoms with van der Waals surface area (Å²) in [6.07, 6.45) is 3.41. The molecular formula is C23H25ClFN5O2.